The number of ether oxygens (including phenoxy) is 1. The van der Waals surface area contributed by atoms with Crippen LogP contribution in [0.2, 0.25) is 0 Å². The van der Waals surface area contributed by atoms with Crippen molar-refractivity contribution in [3.63, 3.8) is 0 Å². The normalized spacial score (nSPS) is 28.9. The lowest BCUT2D eigenvalue weighted by Gasteiger charge is -2.46. The van der Waals surface area contributed by atoms with E-state index in [2.05, 4.69) is 33.9 Å². The van der Waals surface area contributed by atoms with Crippen LogP contribution >= 0.6 is 0 Å². The molecule has 0 aliphatic carbocycles. The number of nitrogens with zero attached hydrogens (tertiary/aromatic N) is 3. The smallest absolute Gasteiger partial charge is 0.249 e. The summed E-state index contributed by atoms with van der Waals surface area (Å²) in [6.45, 7) is 22.4. The average molecular weight is 594 g/mol. The second kappa shape index (κ2) is 11.8. The van der Waals surface area contributed by atoms with Crippen LogP contribution in [0.25, 0.3) is 0 Å². The van der Waals surface area contributed by atoms with Crippen molar-refractivity contribution in [3.05, 3.63) is 55.6 Å². The van der Waals surface area contributed by atoms with Crippen LogP contribution in [0.15, 0.2) is 55.6 Å². The van der Waals surface area contributed by atoms with Gasteiger partial charge in [-0.1, -0.05) is 58.0 Å². The van der Waals surface area contributed by atoms with Gasteiger partial charge in [0.05, 0.1) is 30.1 Å². The van der Waals surface area contributed by atoms with E-state index in [4.69, 9.17) is 4.74 Å². The van der Waals surface area contributed by atoms with Crippen molar-refractivity contribution in [2.45, 2.75) is 103 Å². The first kappa shape index (κ1) is 32.9. The highest BCUT2D eigenvalue weighted by atomic mass is 16.5. The Labute approximate surface area is 257 Å². The van der Waals surface area contributed by atoms with Crippen LogP contribution in [0.5, 0.6) is 0 Å². The molecule has 6 atom stereocenters. The van der Waals surface area contributed by atoms with E-state index in [1.54, 1.807) is 22.0 Å². The summed E-state index contributed by atoms with van der Waals surface area (Å²) in [5.74, 6) is -2.36. The van der Waals surface area contributed by atoms with Crippen LogP contribution in [0.1, 0.15) is 74.1 Å². The number of anilines is 1. The molecule has 2 unspecified atom stereocenters. The van der Waals surface area contributed by atoms with Crippen molar-refractivity contribution in [2.24, 2.45) is 17.3 Å². The predicted molar refractivity (Wildman–Crippen MR) is 169 cm³/mol. The molecule has 1 spiro atoms. The summed E-state index contributed by atoms with van der Waals surface area (Å²) in [5.41, 5.74) is -2.00. The van der Waals surface area contributed by atoms with Crippen LogP contribution < -0.4 is 4.90 Å². The maximum Gasteiger partial charge on any atom is 0.249 e. The molecule has 3 aliphatic rings. The third-order valence-electron chi connectivity index (χ3n) is 9.71. The van der Waals surface area contributed by atoms with E-state index >= 15 is 0 Å². The lowest BCUT2D eigenvalue weighted by Crippen LogP contribution is -2.62. The molecular formula is C35H51N3O5. The van der Waals surface area contributed by atoms with Crippen LogP contribution in [0.3, 0.4) is 0 Å². The first-order valence-electron chi connectivity index (χ1n) is 15.7. The molecule has 0 radical (unpaired) electrons. The van der Waals surface area contributed by atoms with Gasteiger partial charge in [0.1, 0.15) is 11.6 Å². The van der Waals surface area contributed by atoms with Crippen LogP contribution in [-0.4, -0.2) is 81.1 Å². The van der Waals surface area contributed by atoms with Crippen LogP contribution in [0.4, 0.5) is 5.69 Å². The number of fused-ring (bicyclic) bond motifs is 1. The summed E-state index contributed by atoms with van der Waals surface area (Å²) in [7, 11) is 0. The Morgan fingerprint density at radius 3 is 2.26 bits per heavy atom. The molecular weight excluding hydrogens is 542 g/mol. The summed E-state index contributed by atoms with van der Waals surface area (Å²) in [4.78, 5) is 49.1. The Morgan fingerprint density at radius 1 is 1.09 bits per heavy atom. The molecule has 1 N–H and O–H groups in total. The number of aliphatic hydroxyl groups is 1. The number of aliphatic hydroxyl groups excluding tert-OH is 1. The molecule has 2 bridgehead atoms. The zero-order valence-corrected chi connectivity index (χ0v) is 27.1. The van der Waals surface area contributed by atoms with Crippen molar-refractivity contribution in [1.29, 1.82) is 0 Å². The monoisotopic (exact) mass is 593 g/mol. The van der Waals surface area contributed by atoms with E-state index in [0.29, 0.717) is 31.5 Å². The highest BCUT2D eigenvalue weighted by molar-refractivity contribution is 6.03. The fourth-order valence-corrected chi connectivity index (χ4v) is 8.36. The third kappa shape index (κ3) is 5.57. The zero-order valence-electron chi connectivity index (χ0n) is 27.1. The minimum absolute atomic E-state index is 0.0639. The van der Waals surface area contributed by atoms with Crippen molar-refractivity contribution in [1.82, 2.24) is 9.80 Å². The quantitative estimate of drug-likeness (QED) is 0.346. The molecule has 3 amide bonds. The van der Waals surface area contributed by atoms with Gasteiger partial charge < -0.3 is 24.5 Å². The Hall–Kier alpha value is -2.97. The highest BCUT2D eigenvalue weighted by Gasteiger charge is 2.79. The number of benzene rings is 1. The summed E-state index contributed by atoms with van der Waals surface area (Å²) in [6, 6.07) is 7.82. The number of hydrogen-bond donors (Lipinski definition) is 1. The van der Waals surface area contributed by atoms with Gasteiger partial charge in [-0.05, 0) is 64.0 Å². The minimum atomic E-state index is -1.18. The summed E-state index contributed by atoms with van der Waals surface area (Å²) in [5, 5.41) is 10.5. The number of carbonyl (C=O) groups is 3. The standard InChI is InChI=1S/C35H51N3O5/c1-10-20-36(25-16-14-13-15-17-25)29(40)26-27-30(41)38(24(12-3)22-39)28(35(27)19-18-34(26,9)43-35)31(42)37(21-11-2)33(7,8)23-32(4,5)6/h10-11,13-17,24,26-28,39H,1-2,12,18-23H2,3-9H3/t24-,26+,27-,28?,34-,35?/m0/s1. The predicted octanol–water partition coefficient (Wildman–Crippen LogP) is 4.97. The first-order valence-corrected chi connectivity index (χ1v) is 15.7. The number of amides is 3. The summed E-state index contributed by atoms with van der Waals surface area (Å²) >= 11 is 0. The van der Waals surface area contributed by atoms with Crippen molar-refractivity contribution < 1.29 is 24.2 Å². The maximum absolute atomic E-state index is 14.9. The molecule has 8 heteroatoms. The average Bonchev–Trinajstić information content (AvgIpc) is 3.50. The van der Waals surface area contributed by atoms with Gasteiger partial charge >= 0.3 is 0 Å². The van der Waals surface area contributed by atoms with E-state index in [0.717, 1.165) is 6.42 Å². The van der Waals surface area contributed by atoms with Gasteiger partial charge in [0.2, 0.25) is 17.7 Å². The fourth-order valence-electron chi connectivity index (χ4n) is 8.36. The molecule has 3 aliphatic heterocycles. The molecule has 236 valence electrons. The molecule has 8 nitrogen and oxygen atoms in total. The lowest BCUT2D eigenvalue weighted by atomic mass is 9.65. The van der Waals surface area contributed by atoms with Crippen molar-refractivity contribution >= 4 is 23.4 Å². The number of hydrogen-bond acceptors (Lipinski definition) is 5. The Kier molecular flexibility index (Phi) is 9.07. The minimum Gasteiger partial charge on any atom is -0.394 e. The fraction of sp³-hybridized carbons (Fsp3) is 0.629. The lowest BCUT2D eigenvalue weighted by molar-refractivity contribution is -0.158. The number of para-hydroxylation sites is 1. The van der Waals surface area contributed by atoms with Gasteiger partial charge in [-0.3, -0.25) is 14.4 Å². The molecule has 4 rings (SSSR count). The van der Waals surface area contributed by atoms with Crippen LogP contribution in [-0.2, 0) is 19.1 Å². The highest BCUT2D eigenvalue weighted by Crippen LogP contribution is 2.64. The Balaban J connectivity index is 1.85. The van der Waals surface area contributed by atoms with Gasteiger partial charge in [0.15, 0.2) is 0 Å². The summed E-state index contributed by atoms with van der Waals surface area (Å²) < 4.78 is 6.89. The zero-order chi connectivity index (χ0) is 32.0. The van der Waals surface area contributed by atoms with Gasteiger partial charge in [0, 0.05) is 24.3 Å². The molecule has 0 aromatic heterocycles. The first-order chi connectivity index (χ1) is 20.1. The van der Waals surface area contributed by atoms with Crippen LogP contribution in [0, 0.1) is 17.3 Å². The molecule has 1 aromatic carbocycles. The van der Waals surface area contributed by atoms with Crippen molar-refractivity contribution in [3.8, 4) is 0 Å². The summed E-state index contributed by atoms with van der Waals surface area (Å²) in [6.07, 6.45) is 5.60. The van der Waals surface area contributed by atoms with Gasteiger partial charge in [-0.2, -0.15) is 0 Å². The SMILES string of the molecule is C=CCN(C(=O)[C@H]1[C@H]2C(=O)N([C@@H](CC)CO)C(C(=O)N(CC=C)C(C)(C)CC(C)(C)C)C23CC[C@]1(C)O3)c1ccccc1. The van der Waals surface area contributed by atoms with E-state index in [1.807, 2.05) is 62.9 Å². The maximum atomic E-state index is 14.9. The number of likely N-dealkylation sites (tertiary alicyclic amines) is 1. The van der Waals surface area contributed by atoms with Gasteiger partial charge in [-0.15, -0.1) is 13.2 Å². The van der Waals surface area contributed by atoms with Crippen molar-refractivity contribution in [2.75, 3.05) is 24.6 Å². The van der Waals surface area contributed by atoms with E-state index in [-0.39, 0.29) is 36.3 Å². The van der Waals surface area contributed by atoms with E-state index in [1.165, 1.54) is 0 Å². The molecule has 43 heavy (non-hydrogen) atoms. The largest absolute Gasteiger partial charge is 0.394 e. The molecule has 1 aromatic rings. The van der Waals surface area contributed by atoms with E-state index < -0.39 is 40.7 Å². The second-order valence-corrected chi connectivity index (χ2v) is 14.6. The van der Waals surface area contributed by atoms with E-state index in [9.17, 15) is 19.5 Å². The molecule has 3 heterocycles. The Morgan fingerprint density at radius 2 is 1.72 bits per heavy atom. The number of carbonyl (C=O) groups excluding carboxylic acids is 3. The topological polar surface area (TPSA) is 90.4 Å². The molecule has 3 fully saturated rings. The second-order valence-electron chi connectivity index (χ2n) is 14.6. The van der Waals surface area contributed by atoms with Gasteiger partial charge in [0.25, 0.3) is 0 Å². The Bertz CT molecular complexity index is 1240. The number of rotatable bonds is 12. The third-order valence-corrected chi connectivity index (χ3v) is 9.71. The molecule has 3 saturated heterocycles. The molecule has 0 saturated carbocycles. The van der Waals surface area contributed by atoms with Gasteiger partial charge in [-0.25, -0.2) is 0 Å².